The summed E-state index contributed by atoms with van der Waals surface area (Å²) in [6.07, 6.45) is 3.29. The van der Waals surface area contributed by atoms with E-state index in [1.807, 2.05) is 66.7 Å². The fourth-order valence-corrected chi connectivity index (χ4v) is 3.51. The molecule has 0 unspecified atom stereocenters. The minimum Gasteiger partial charge on any atom is -0.483 e. The normalized spacial score (nSPS) is 10.7. The topological polar surface area (TPSA) is 51.2 Å². The van der Waals surface area contributed by atoms with Gasteiger partial charge in [0.1, 0.15) is 5.75 Å². The summed E-state index contributed by atoms with van der Waals surface area (Å²) in [5, 5.41) is 4.05. The van der Waals surface area contributed by atoms with Crippen LogP contribution in [0.15, 0.2) is 91.1 Å². The molecule has 4 nitrogen and oxygen atoms in total. The number of nitrogens with one attached hydrogen (secondary N) is 1. The minimum atomic E-state index is -0.127. The van der Waals surface area contributed by atoms with Crippen LogP contribution in [-0.4, -0.2) is 24.0 Å². The molecular weight excluding hydrogens is 372 g/mol. The molecule has 1 aromatic heterocycles. The number of fused-ring (bicyclic) bond motifs is 1. The number of benzene rings is 3. The van der Waals surface area contributed by atoms with Gasteiger partial charge in [0.25, 0.3) is 5.91 Å². The Morgan fingerprint density at radius 3 is 2.50 bits per heavy atom. The third-order valence-electron chi connectivity index (χ3n) is 5.00. The van der Waals surface area contributed by atoms with Crippen LogP contribution in [0, 0.1) is 0 Å². The van der Waals surface area contributed by atoms with Crippen LogP contribution in [-0.2, 0) is 17.6 Å². The number of ether oxygens (including phenoxy) is 1. The largest absolute Gasteiger partial charge is 0.483 e. The van der Waals surface area contributed by atoms with Crippen LogP contribution in [0.4, 0.5) is 0 Å². The number of aromatic nitrogens is 1. The van der Waals surface area contributed by atoms with E-state index >= 15 is 0 Å². The van der Waals surface area contributed by atoms with Gasteiger partial charge in [0.05, 0.1) is 5.52 Å². The standard InChI is InChI=1S/C26H24N2O2/c29-25(27-17-15-22-12-6-11-21-13-7-16-28-26(21)22)19-30-24-14-5-4-10-23(24)18-20-8-2-1-3-9-20/h1-14,16H,15,17-19H2,(H,27,29). The molecule has 30 heavy (non-hydrogen) atoms. The van der Waals surface area contributed by atoms with Gasteiger partial charge in [0, 0.05) is 24.5 Å². The number of rotatable bonds is 8. The van der Waals surface area contributed by atoms with Crippen molar-refractivity contribution in [3.8, 4) is 5.75 Å². The Hall–Kier alpha value is -3.66. The van der Waals surface area contributed by atoms with Crippen LogP contribution in [0.5, 0.6) is 5.75 Å². The van der Waals surface area contributed by atoms with E-state index in [1.165, 1.54) is 5.56 Å². The summed E-state index contributed by atoms with van der Waals surface area (Å²) >= 11 is 0. The predicted octanol–water partition coefficient (Wildman–Crippen LogP) is 4.56. The Morgan fingerprint density at radius 2 is 1.60 bits per heavy atom. The number of carbonyl (C=O) groups is 1. The molecule has 4 rings (SSSR count). The third kappa shape index (κ3) is 5.03. The van der Waals surface area contributed by atoms with E-state index in [9.17, 15) is 4.79 Å². The fraction of sp³-hybridized carbons (Fsp3) is 0.154. The van der Waals surface area contributed by atoms with E-state index in [0.29, 0.717) is 6.54 Å². The summed E-state index contributed by atoms with van der Waals surface area (Å²) in [6.45, 7) is 0.545. The molecule has 1 amide bonds. The van der Waals surface area contributed by atoms with Gasteiger partial charge in [0.15, 0.2) is 6.61 Å². The van der Waals surface area contributed by atoms with Crippen LogP contribution in [0.25, 0.3) is 10.9 Å². The van der Waals surface area contributed by atoms with Gasteiger partial charge in [-0.2, -0.15) is 0 Å². The molecule has 0 aliphatic rings. The maximum absolute atomic E-state index is 12.3. The smallest absolute Gasteiger partial charge is 0.257 e. The quantitative estimate of drug-likeness (QED) is 0.475. The second-order valence-corrected chi connectivity index (χ2v) is 7.15. The first kappa shape index (κ1) is 19.6. The van der Waals surface area contributed by atoms with Crippen LogP contribution < -0.4 is 10.1 Å². The Balaban J connectivity index is 1.30. The molecule has 3 aromatic carbocycles. The highest BCUT2D eigenvalue weighted by Crippen LogP contribution is 2.21. The molecule has 0 radical (unpaired) electrons. The number of hydrogen-bond acceptors (Lipinski definition) is 3. The van der Waals surface area contributed by atoms with Crippen molar-refractivity contribution >= 4 is 16.8 Å². The van der Waals surface area contributed by atoms with Crippen molar-refractivity contribution in [1.29, 1.82) is 0 Å². The van der Waals surface area contributed by atoms with Crippen molar-refractivity contribution in [3.05, 3.63) is 108 Å². The Bertz CT molecular complexity index is 1120. The van der Waals surface area contributed by atoms with Gasteiger partial charge in [-0.1, -0.05) is 72.8 Å². The van der Waals surface area contributed by atoms with Crippen LogP contribution in [0.2, 0.25) is 0 Å². The van der Waals surface area contributed by atoms with Crippen LogP contribution in [0.3, 0.4) is 0 Å². The van der Waals surface area contributed by atoms with Gasteiger partial charge >= 0.3 is 0 Å². The Morgan fingerprint density at radius 1 is 0.833 bits per heavy atom. The average molecular weight is 396 g/mol. The summed E-state index contributed by atoms with van der Waals surface area (Å²) < 4.78 is 5.82. The maximum atomic E-state index is 12.3. The number of nitrogens with zero attached hydrogens (tertiary/aromatic N) is 1. The molecule has 0 atom stereocenters. The Kier molecular flexibility index (Phi) is 6.35. The maximum Gasteiger partial charge on any atom is 0.257 e. The lowest BCUT2D eigenvalue weighted by molar-refractivity contribution is -0.123. The van der Waals surface area contributed by atoms with Crippen molar-refractivity contribution in [2.24, 2.45) is 0 Å². The molecule has 1 heterocycles. The van der Waals surface area contributed by atoms with E-state index < -0.39 is 0 Å². The lowest BCUT2D eigenvalue weighted by atomic mass is 10.0. The molecule has 4 aromatic rings. The number of amides is 1. The van der Waals surface area contributed by atoms with Gasteiger partial charge in [-0.3, -0.25) is 9.78 Å². The average Bonchev–Trinajstić information content (AvgIpc) is 2.79. The van der Waals surface area contributed by atoms with Gasteiger partial charge in [-0.25, -0.2) is 0 Å². The summed E-state index contributed by atoms with van der Waals surface area (Å²) in [4.78, 5) is 16.7. The number of pyridine rings is 1. The third-order valence-corrected chi connectivity index (χ3v) is 5.00. The molecule has 0 bridgehead atoms. The summed E-state index contributed by atoms with van der Waals surface area (Å²) in [5.41, 5.74) is 4.39. The van der Waals surface area contributed by atoms with Crippen molar-refractivity contribution in [3.63, 3.8) is 0 Å². The van der Waals surface area contributed by atoms with Gasteiger partial charge in [-0.05, 0) is 35.2 Å². The minimum absolute atomic E-state index is 0.000406. The van der Waals surface area contributed by atoms with Crippen molar-refractivity contribution in [1.82, 2.24) is 10.3 Å². The van der Waals surface area contributed by atoms with Gasteiger partial charge in [0.2, 0.25) is 0 Å². The number of carbonyl (C=O) groups excluding carboxylic acids is 1. The lowest BCUT2D eigenvalue weighted by Crippen LogP contribution is -2.30. The zero-order valence-corrected chi connectivity index (χ0v) is 16.8. The van der Waals surface area contributed by atoms with Gasteiger partial charge in [-0.15, -0.1) is 0 Å². The fourth-order valence-electron chi connectivity index (χ4n) is 3.51. The van der Waals surface area contributed by atoms with Gasteiger partial charge < -0.3 is 10.1 Å². The first-order chi connectivity index (χ1) is 14.8. The molecule has 0 saturated carbocycles. The molecule has 0 aliphatic heterocycles. The zero-order chi connectivity index (χ0) is 20.6. The van der Waals surface area contributed by atoms with Crippen molar-refractivity contribution in [2.75, 3.05) is 13.2 Å². The summed E-state index contributed by atoms with van der Waals surface area (Å²) in [6, 6.07) is 28.2. The summed E-state index contributed by atoms with van der Waals surface area (Å²) in [5.74, 6) is 0.618. The highest BCUT2D eigenvalue weighted by atomic mass is 16.5. The monoisotopic (exact) mass is 396 g/mol. The second-order valence-electron chi connectivity index (χ2n) is 7.15. The summed E-state index contributed by atoms with van der Waals surface area (Å²) in [7, 11) is 0. The zero-order valence-electron chi connectivity index (χ0n) is 16.8. The van der Waals surface area contributed by atoms with E-state index in [1.54, 1.807) is 6.20 Å². The molecule has 0 fully saturated rings. The molecule has 1 N–H and O–H groups in total. The molecule has 0 saturated heterocycles. The van der Waals surface area contributed by atoms with Crippen LogP contribution >= 0.6 is 0 Å². The molecule has 0 spiro atoms. The van der Waals surface area contributed by atoms with Crippen molar-refractivity contribution < 1.29 is 9.53 Å². The predicted molar refractivity (Wildman–Crippen MR) is 120 cm³/mol. The van der Waals surface area contributed by atoms with E-state index in [4.69, 9.17) is 4.74 Å². The first-order valence-electron chi connectivity index (χ1n) is 10.1. The SMILES string of the molecule is O=C(COc1ccccc1Cc1ccccc1)NCCc1cccc2cccnc12. The highest BCUT2D eigenvalue weighted by Gasteiger charge is 2.08. The Labute approximate surface area is 176 Å². The molecule has 150 valence electrons. The van der Waals surface area contributed by atoms with E-state index in [2.05, 4.69) is 28.5 Å². The van der Waals surface area contributed by atoms with E-state index in [0.717, 1.165) is 40.6 Å². The van der Waals surface area contributed by atoms with Crippen molar-refractivity contribution in [2.45, 2.75) is 12.8 Å². The molecular formula is C26H24N2O2. The number of para-hydroxylation sites is 2. The number of hydrogen-bond donors (Lipinski definition) is 1. The van der Waals surface area contributed by atoms with E-state index in [-0.39, 0.29) is 12.5 Å². The lowest BCUT2D eigenvalue weighted by Gasteiger charge is -2.12. The molecule has 4 heteroatoms. The highest BCUT2D eigenvalue weighted by molar-refractivity contribution is 5.81. The molecule has 0 aliphatic carbocycles. The second kappa shape index (κ2) is 9.70. The van der Waals surface area contributed by atoms with Crippen LogP contribution in [0.1, 0.15) is 16.7 Å². The first-order valence-corrected chi connectivity index (χ1v) is 10.1.